The third kappa shape index (κ3) is 3.63. The first kappa shape index (κ1) is 21.3. The van der Waals surface area contributed by atoms with E-state index in [-0.39, 0.29) is 11.1 Å². The molecule has 0 spiro atoms. The molecule has 4 aromatic rings. The van der Waals surface area contributed by atoms with Gasteiger partial charge < -0.3 is 9.73 Å². The monoisotopic (exact) mass is 430 g/mol. The van der Waals surface area contributed by atoms with Crippen molar-refractivity contribution >= 4 is 16.7 Å². The van der Waals surface area contributed by atoms with Gasteiger partial charge in [0.2, 0.25) is 0 Å². The van der Waals surface area contributed by atoms with Gasteiger partial charge in [-0.05, 0) is 44.5 Å². The maximum atomic E-state index is 14.1. The minimum atomic E-state index is -1.20. The van der Waals surface area contributed by atoms with Crippen LogP contribution in [-0.2, 0) is 0 Å². The zero-order valence-electron chi connectivity index (χ0n) is 17.8. The summed E-state index contributed by atoms with van der Waals surface area (Å²) in [7, 11) is 0. The average Bonchev–Trinajstić information content (AvgIpc) is 2.79. The summed E-state index contributed by atoms with van der Waals surface area (Å²) < 4.78 is 33.9. The van der Waals surface area contributed by atoms with Gasteiger partial charge in [0.05, 0.1) is 17.1 Å². The molecule has 0 aliphatic heterocycles. The summed E-state index contributed by atoms with van der Waals surface area (Å²) in [5.74, 6) is -1.81. The topological polar surface area (TPSA) is 66.0 Å². The maximum absolute atomic E-state index is 14.1. The van der Waals surface area contributed by atoms with Crippen LogP contribution in [0.25, 0.3) is 22.3 Å². The van der Waals surface area contributed by atoms with Gasteiger partial charge in [0.1, 0.15) is 23.0 Å². The molecule has 4 rings (SSSR count). The second kappa shape index (κ2) is 8.27. The SMILES string of the molecule is Cc1cc(C(C)Nc2ccc(F)c(F)c2C#N)c2oc(-c3ccccc3)c(C)c(=O)c2c1. The van der Waals surface area contributed by atoms with Gasteiger partial charge >= 0.3 is 0 Å². The molecule has 1 unspecified atom stereocenters. The molecule has 6 heteroatoms. The molecule has 160 valence electrons. The van der Waals surface area contributed by atoms with Crippen molar-refractivity contribution in [2.45, 2.75) is 26.8 Å². The molecule has 0 amide bonds. The largest absolute Gasteiger partial charge is 0.455 e. The van der Waals surface area contributed by atoms with E-state index < -0.39 is 23.2 Å². The van der Waals surface area contributed by atoms with Crippen molar-refractivity contribution in [2.75, 3.05) is 5.32 Å². The standard InChI is InChI=1S/C26H20F2N2O2/c1-14-11-18(16(3)30-22-10-9-21(27)23(28)20(22)13-29)26-19(12-14)24(31)15(2)25(32-26)17-7-5-4-6-8-17/h4-12,16,30H,1-3H3. The lowest BCUT2D eigenvalue weighted by Gasteiger charge is -2.19. The second-order valence-electron chi connectivity index (χ2n) is 7.74. The van der Waals surface area contributed by atoms with E-state index in [0.717, 1.165) is 17.2 Å². The fourth-order valence-electron chi connectivity index (χ4n) is 3.85. The van der Waals surface area contributed by atoms with Crippen molar-refractivity contribution in [1.82, 2.24) is 0 Å². The van der Waals surface area contributed by atoms with Crippen LogP contribution >= 0.6 is 0 Å². The Morgan fingerprint density at radius 1 is 1.06 bits per heavy atom. The minimum Gasteiger partial charge on any atom is -0.455 e. The van der Waals surface area contributed by atoms with E-state index in [4.69, 9.17) is 4.42 Å². The number of fused-ring (bicyclic) bond motifs is 1. The predicted molar refractivity (Wildman–Crippen MR) is 121 cm³/mol. The van der Waals surface area contributed by atoms with Gasteiger partial charge in [-0.1, -0.05) is 36.4 Å². The molecule has 1 heterocycles. The number of halogens is 2. The van der Waals surface area contributed by atoms with Gasteiger partial charge in [0, 0.05) is 16.7 Å². The van der Waals surface area contributed by atoms with Gasteiger partial charge in [-0.25, -0.2) is 8.78 Å². The highest BCUT2D eigenvalue weighted by Gasteiger charge is 2.21. The van der Waals surface area contributed by atoms with Crippen molar-refractivity contribution in [2.24, 2.45) is 0 Å². The molecule has 1 N–H and O–H groups in total. The molecule has 32 heavy (non-hydrogen) atoms. The third-order valence-corrected chi connectivity index (χ3v) is 5.47. The average molecular weight is 430 g/mol. The van der Waals surface area contributed by atoms with Crippen molar-refractivity contribution in [3.63, 3.8) is 0 Å². The molecule has 0 fully saturated rings. The Kier molecular flexibility index (Phi) is 5.50. The predicted octanol–water partition coefficient (Wildman–Crippen LogP) is 6.40. The van der Waals surface area contributed by atoms with Crippen molar-refractivity contribution in [3.05, 3.63) is 98.7 Å². The lowest BCUT2D eigenvalue weighted by molar-refractivity contribution is 0.506. The summed E-state index contributed by atoms with van der Waals surface area (Å²) in [6, 6.07) is 16.5. The molecular weight excluding hydrogens is 410 g/mol. The van der Waals surface area contributed by atoms with E-state index >= 15 is 0 Å². The van der Waals surface area contributed by atoms with Gasteiger partial charge in [0.25, 0.3) is 0 Å². The van der Waals surface area contributed by atoms with Crippen LogP contribution in [0, 0.1) is 36.8 Å². The van der Waals surface area contributed by atoms with Gasteiger partial charge in [0.15, 0.2) is 17.1 Å². The van der Waals surface area contributed by atoms with Crippen LogP contribution in [-0.4, -0.2) is 0 Å². The Bertz CT molecular complexity index is 1440. The molecule has 1 aromatic heterocycles. The van der Waals surface area contributed by atoms with E-state index in [1.807, 2.05) is 43.3 Å². The zero-order chi connectivity index (χ0) is 23.0. The first-order valence-corrected chi connectivity index (χ1v) is 10.1. The normalized spacial score (nSPS) is 11.9. The summed E-state index contributed by atoms with van der Waals surface area (Å²) in [6.45, 7) is 5.41. The third-order valence-electron chi connectivity index (χ3n) is 5.47. The number of aryl methyl sites for hydroxylation is 1. The summed E-state index contributed by atoms with van der Waals surface area (Å²) in [5.41, 5.74) is 2.84. The number of nitrogens with one attached hydrogen (secondary N) is 1. The molecule has 0 saturated carbocycles. The highest BCUT2D eigenvalue weighted by atomic mass is 19.2. The molecule has 1 atom stereocenters. The van der Waals surface area contributed by atoms with Crippen molar-refractivity contribution in [1.29, 1.82) is 5.26 Å². The van der Waals surface area contributed by atoms with Crippen LogP contribution in [0.1, 0.15) is 35.2 Å². The number of benzene rings is 3. The first-order valence-electron chi connectivity index (χ1n) is 10.1. The molecule has 3 aromatic carbocycles. The van der Waals surface area contributed by atoms with Crippen molar-refractivity contribution in [3.8, 4) is 17.4 Å². The van der Waals surface area contributed by atoms with E-state index in [1.165, 1.54) is 6.07 Å². The lowest BCUT2D eigenvalue weighted by atomic mass is 9.98. The lowest BCUT2D eigenvalue weighted by Crippen LogP contribution is -2.13. The molecule has 0 radical (unpaired) electrons. The number of rotatable bonds is 4. The number of anilines is 1. The fourth-order valence-corrected chi connectivity index (χ4v) is 3.85. The molecule has 0 saturated heterocycles. The zero-order valence-corrected chi connectivity index (χ0v) is 17.8. The molecule has 4 nitrogen and oxygen atoms in total. The molecular formula is C26H20F2N2O2. The van der Waals surface area contributed by atoms with E-state index in [1.54, 1.807) is 26.0 Å². The summed E-state index contributed by atoms with van der Waals surface area (Å²) in [6.07, 6.45) is 0. The highest BCUT2D eigenvalue weighted by molar-refractivity contribution is 5.84. The smallest absolute Gasteiger partial charge is 0.196 e. The summed E-state index contributed by atoms with van der Waals surface area (Å²) in [5, 5.41) is 12.8. The Hall–Kier alpha value is -3.98. The highest BCUT2D eigenvalue weighted by Crippen LogP contribution is 2.33. The number of nitriles is 1. The Balaban J connectivity index is 1.90. The van der Waals surface area contributed by atoms with E-state index in [0.29, 0.717) is 27.9 Å². The van der Waals surface area contributed by atoms with Crippen LogP contribution in [0.15, 0.2) is 63.8 Å². The maximum Gasteiger partial charge on any atom is 0.196 e. The fraction of sp³-hybridized carbons (Fsp3) is 0.154. The van der Waals surface area contributed by atoms with Gasteiger partial charge in [-0.15, -0.1) is 0 Å². The number of hydrogen-bond donors (Lipinski definition) is 1. The van der Waals surface area contributed by atoms with Crippen LogP contribution < -0.4 is 10.7 Å². The number of nitrogens with zero attached hydrogens (tertiary/aromatic N) is 1. The Morgan fingerprint density at radius 2 is 1.78 bits per heavy atom. The Labute approximate surface area is 183 Å². The molecule has 0 aliphatic rings. The van der Waals surface area contributed by atoms with Crippen LogP contribution in [0.5, 0.6) is 0 Å². The van der Waals surface area contributed by atoms with Gasteiger partial charge in [-0.3, -0.25) is 4.79 Å². The van der Waals surface area contributed by atoms with Crippen LogP contribution in [0.3, 0.4) is 0 Å². The first-order chi connectivity index (χ1) is 15.3. The van der Waals surface area contributed by atoms with E-state index in [2.05, 4.69) is 5.32 Å². The Morgan fingerprint density at radius 3 is 2.47 bits per heavy atom. The summed E-state index contributed by atoms with van der Waals surface area (Å²) >= 11 is 0. The summed E-state index contributed by atoms with van der Waals surface area (Å²) in [4.78, 5) is 13.2. The van der Waals surface area contributed by atoms with Crippen LogP contribution in [0.4, 0.5) is 14.5 Å². The van der Waals surface area contributed by atoms with Crippen LogP contribution in [0.2, 0.25) is 0 Å². The molecule has 0 aliphatic carbocycles. The minimum absolute atomic E-state index is 0.132. The quantitative estimate of drug-likeness (QED) is 0.407. The second-order valence-corrected chi connectivity index (χ2v) is 7.74. The van der Waals surface area contributed by atoms with Crippen molar-refractivity contribution < 1.29 is 13.2 Å². The molecule has 0 bridgehead atoms. The number of hydrogen-bond acceptors (Lipinski definition) is 4. The van der Waals surface area contributed by atoms with E-state index in [9.17, 15) is 18.8 Å². The van der Waals surface area contributed by atoms with Gasteiger partial charge in [-0.2, -0.15) is 5.26 Å².